The normalized spacial score (nSPS) is 16.7. The third kappa shape index (κ3) is 3.94. The van der Waals surface area contributed by atoms with Crippen molar-refractivity contribution in [1.29, 1.82) is 0 Å². The minimum atomic E-state index is -4.50. The molecule has 0 radical (unpaired) electrons. The van der Waals surface area contributed by atoms with E-state index in [-0.39, 0.29) is 53.0 Å². The summed E-state index contributed by atoms with van der Waals surface area (Å²) in [6.45, 7) is 0. The van der Waals surface area contributed by atoms with Gasteiger partial charge in [0.05, 0.1) is 11.7 Å². The number of nitrogens with one attached hydrogen (secondary N) is 2. The summed E-state index contributed by atoms with van der Waals surface area (Å²) in [5.41, 5.74) is 9.44. The minimum Gasteiger partial charge on any atom is -0.383 e. The van der Waals surface area contributed by atoms with Gasteiger partial charge in [-0.3, -0.25) is 10.1 Å². The van der Waals surface area contributed by atoms with Crippen LogP contribution in [0.15, 0.2) is 28.8 Å². The summed E-state index contributed by atoms with van der Waals surface area (Å²) in [5.74, 6) is -2.22. The molecule has 0 spiro atoms. The first-order chi connectivity index (χ1) is 16.5. The molecule has 0 saturated heterocycles. The molecule has 5 rings (SSSR count). The van der Waals surface area contributed by atoms with E-state index < -0.39 is 35.1 Å². The van der Waals surface area contributed by atoms with E-state index in [4.69, 9.17) is 16.0 Å². The second kappa shape index (κ2) is 7.71. The Bertz CT molecular complexity index is 1340. The monoisotopic (exact) mass is 493 g/mol. The largest absolute Gasteiger partial charge is 0.401 e. The zero-order valence-corrected chi connectivity index (χ0v) is 17.9. The molecular formula is C21H19F4N7O3. The third-order valence-electron chi connectivity index (χ3n) is 6.09. The zero-order chi connectivity index (χ0) is 25.1. The van der Waals surface area contributed by atoms with Crippen molar-refractivity contribution in [3.05, 3.63) is 41.4 Å². The van der Waals surface area contributed by atoms with Crippen LogP contribution in [0.4, 0.5) is 39.7 Å². The number of alkyl halides is 3. The van der Waals surface area contributed by atoms with Gasteiger partial charge in [-0.25, -0.2) is 13.9 Å². The van der Waals surface area contributed by atoms with Crippen LogP contribution in [-0.2, 0) is 5.41 Å². The molecule has 3 aromatic rings. The molecule has 0 bridgehead atoms. The Labute approximate surface area is 194 Å². The van der Waals surface area contributed by atoms with Crippen LogP contribution in [-0.4, -0.2) is 33.1 Å². The molecule has 2 heterocycles. The second-order valence-electron chi connectivity index (χ2n) is 8.58. The van der Waals surface area contributed by atoms with Gasteiger partial charge in [-0.05, 0) is 37.8 Å². The lowest BCUT2D eigenvalue weighted by Gasteiger charge is -2.14. The van der Waals surface area contributed by atoms with E-state index in [0.29, 0.717) is 0 Å². The quantitative estimate of drug-likeness (QED) is 0.382. The van der Waals surface area contributed by atoms with Gasteiger partial charge in [-0.15, -0.1) is 0 Å². The molecule has 2 aliphatic carbocycles. The van der Waals surface area contributed by atoms with Crippen LogP contribution in [0.2, 0.25) is 0 Å². The van der Waals surface area contributed by atoms with Crippen LogP contribution in [0.3, 0.4) is 0 Å². The summed E-state index contributed by atoms with van der Waals surface area (Å²) in [6.07, 6.45) is -3.06. The highest BCUT2D eigenvalue weighted by Gasteiger charge is 2.66. The van der Waals surface area contributed by atoms with Gasteiger partial charge < -0.3 is 21.3 Å². The summed E-state index contributed by atoms with van der Waals surface area (Å²) in [5, 5.41) is 12.2. The van der Waals surface area contributed by atoms with E-state index in [9.17, 15) is 27.2 Å². The number of nitrogens with two attached hydrogens (primary N) is 2. The molecule has 0 aliphatic heterocycles. The SMILES string of the molecule is NC(=O)c1c(-c2ccc(NC(=O)Nc3cc(C4(C(F)(F)F)CC4)on3)c(F)c2)nn(C2CC2)c1N. The number of nitrogen functional groups attached to an aromatic ring is 1. The molecule has 2 fully saturated rings. The fourth-order valence-corrected chi connectivity index (χ4v) is 3.88. The highest BCUT2D eigenvalue weighted by atomic mass is 19.4. The first-order valence-electron chi connectivity index (χ1n) is 10.6. The average molecular weight is 493 g/mol. The number of aromatic nitrogens is 3. The van der Waals surface area contributed by atoms with E-state index in [0.717, 1.165) is 25.0 Å². The predicted molar refractivity (Wildman–Crippen MR) is 115 cm³/mol. The maximum atomic E-state index is 14.8. The molecular weight excluding hydrogens is 474 g/mol. The van der Waals surface area contributed by atoms with Gasteiger partial charge in [0, 0.05) is 11.6 Å². The molecule has 6 N–H and O–H groups in total. The van der Waals surface area contributed by atoms with Crippen molar-refractivity contribution in [3.63, 3.8) is 0 Å². The van der Waals surface area contributed by atoms with Crippen molar-refractivity contribution in [1.82, 2.24) is 14.9 Å². The Morgan fingerprint density at radius 3 is 2.46 bits per heavy atom. The number of hydrogen-bond donors (Lipinski definition) is 4. The zero-order valence-electron chi connectivity index (χ0n) is 17.9. The van der Waals surface area contributed by atoms with Crippen molar-refractivity contribution < 1.29 is 31.7 Å². The third-order valence-corrected chi connectivity index (χ3v) is 6.09. The number of anilines is 3. The average Bonchev–Trinajstić information content (AvgIpc) is 3.69. The summed E-state index contributed by atoms with van der Waals surface area (Å²) < 4.78 is 60.7. The van der Waals surface area contributed by atoms with Gasteiger partial charge in [0.15, 0.2) is 11.6 Å². The number of hydrogen-bond acceptors (Lipinski definition) is 6. The van der Waals surface area contributed by atoms with Crippen LogP contribution >= 0.6 is 0 Å². The lowest BCUT2D eigenvalue weighted by atomic mass is 10.0. The Hall–Kier alpha value is -4.10. The smallest absolute Gasteiger partial charge is 0.383 e. The number of rotatable bonds is 6. The summed E-state index contributed by atoms with van der Waals surface area (Å²) in [7, 11) is 0. The molecule has 3 amide bonds. The van der Waals surface area contributed by atoms with Crippen molar-refractivity contribution in [2.45, 2.75) is 43.3 Å². The van der Waals surface area contributed by atoms with Gasteiger partial charge in [-0.1, -0.05) is 11.2 Å². The number of urea groups is 1. The Morgan fingerprint density at radius 1 is 1.17 bits per heavy atom. The Morgan fingerprint density at radius 2 is 1.89 bits per heavy atom. The Kier molecular flexibility index (Phi) is 5.00. The maximum absolute atomic E-state index is 14.8. The van der Waals surface area contributed by atoms with Crippen molar-refractivity contribution in [2.75, 3.05) is 16.4 Å². The van der Waals surface area contributed by atoms with Gasteiger partial charge in [0.25, 0.3) is 5.91 Å². The number of halogens is 4. The van der Waals surface area contributed by atoms with E-state index in [1.165, 1.54) is 16.8 Å². The molecule has 184 valence electrons. The van der Waals surface area contributed by atoms with Gasteiger partial charge in [0.2, 0.25) is 0 Å². The fourth-order valence-electron chi connectivity index (χ4n) is 3.88. The number of carbonyl (C=O) groups excluding carboxylic acids is 2. The van der Waals surface area contributed by atoms with Crippen LogP contribution in [0.5, 0.6) is 0 Å². The minimum absolute atomic E-state index is 0.0242. The highest BCUT2D eigenvalue weighted by Crippen LogP contribution is 2.59. The molecule has 2 saturated carbocycles. The first kappa shape index (κ1) is 22.7. The van der Waals surface area contributed by atoms with Crippen LogP contribution < -0.4 is 22.1 Å². The van der Waals surface area contributed by atoms with Crippen LogP contribution in [0, 0.1) is 5.82 Å². The van der Waals surface area contributed by atoms with Gasteiger partial charge in [0.1, 0.15) is 28.3 Å². The number of benzene rings is 1. The van der Waals surface area contributed by atoms with E-state index in [2.05, 4.69) is 20.9 Å². The van der Waals surface area contributed by atoms with E-state index in [1.54, 1.807) is 0 Å². The molecule has 35 heavy (non-hydrogen) atoms. The molecule has 0 unspecified atom stereocenters. The maximum Gasteiger partial charge on any atom is 0.401 e. The van der Waals surface area contributed by atoms with Crippen molar-refractivity contribution >= 4 is 29.3 Å². The van der Waals surface area contributed by atoms with Crippen molar-refractivity contribution in [2.24, 2.45) is 5.73 Å². The predicted octanol–water partition coefficient (Wildman–Crippen LogP) is 3.93. The molecule has 1 aromatic carbocycles. The lowest BCUT2D eigenvalue weighted by Crippen LogP contribution is -2.28. The molecule has 2 aliphatic rings. The number of primary amides is 1. The first-order valence-corrected chi connectivity index (χ1v) is 10.6. The lowest BCUT2D eigenvalue weighted by molar-refractivity contribution is -0.165. The second-order valence-corrected chi connectivity index (χ2v) is 8.58. The van der Waals surface area contributed by atoms with Crippen molar-refractivity contribution in [3.8, 4) is 11.3 Å². The van der Waals surface area contributed by atoms with Crippen LogP contribution in [0.1, 0.15) is 47.8 Å². The molecule has 10 nitrogen and oxygen atoms in total. The van der Waals surface area contributed by atoms with E-state index >= 15 is 0 Å². The van der Waals surface area contributed by atoms with Crippen LogP contribution in [0.25, 0.3) is 11.3 Å². The summed E-state index contributed by atoms with van der Waals surface area (Å²) in [4.78, 5) is 24.2. The van der Waals surface area contributed by atoms with Gasteiger partial charge in [-0.2, -0.15) is 18.3 Å². The van der Waals surface area contributed by atoms with E-state index in [1.807, 2.05) is 0 Å². The molecule has 14 heteroatoms. The topological polar surface area (TPSA) is 154 Å². The summed E-state index contributed by atoms with van der Waals surface area (Å²) in [6, 6.07) is 3.80. The number of amides is 3. The van der Waals surface area contributed by atoms with Gasteiger partial charge >= 0.3 is 12.2 Å². The summed E-state index contributed by atoms with van der Waals surface area (Å²) >= 11 is 0. The molecule has 2 aromatic heterocycles. The fraction of sp³-hybridized carbons (Fsp3) is 0.333. The molecule has 0 atom stereocenters. The highest BCUT2D eigenvalue weighted by molar-refractivity contribution is 6.03. The number of nitrogens with zero attached hydrogens (tertiary/aromatic N) is 3. The standard InChI is InChI=1S/C21H19F4N7O3/c22-11-7-9(16-15(18(27)33)17(26)32(30-16)10-2-3-10)1-4-12(11)28-19(34)29-14-8-13(35-31-14)20(5-6-20)21(23,24)25/h1,4,7-8,10H,2-3,5-6,26H2,(H2,27,33)(H2,28,29,31,34). The Balaban J connectivity index is 1.31. The number of carbonyl (C=O) groups is 2.